The van der Waals surface area contributed by atoms with Crippen LogP contribution in [-0.4, -0.2) is 70.7 Å². The normalized spacial score (nSPS) is 18.5. The van der Waals surface area contributed by atoms with Crippen LogP contribution >= 0.6 is 0 Å². The topological polar surface area (TPSA) is 128 Å². The molecule has 11 heteroatoms. The van der Waals surface area contributed by atoms with Crippen molar-refractivity contribution in [1.29, 1.82) is 0 Å². The van der Waals surface area contributed by atoms with Gasteiger partial charge in [-0.3, -0.25) is 14.4 Å². The van der Waals surface area contributed by atoms with Gasteiger partial charge in [0.1, 0.15) is 23.4 Å². The molecule has 0 aliphatic carbocycles. The van der Waals surface area contributed by atoms with Crippen LogP contribution in [0.2, 0.25) is 0 Å². The molecule has 2 heterocycles. The number of fused-ring (bicyclic) bond motifs is 1. The maximum absolute atomic E-state index is 13.8. The third-order valence-corrected chi connectivity index (χ3v) is 7.14. The molecule has 3 aromatic rings. The van der Waals surface area contributed by atoms with Crippen LogP contribution in [0.1, 0.15) is 62.3 Å². The summed E-state index contributed by atoms with van der Waals surface area (Å²) in [4.78, 5) is 46.5. The van der Waals surface area contributed by atoms with Crippen LogP contribution in [-0.2, 0) is 16.1 Å². The van der Waals surface area contributed by atoms with E-state index < -0.39 is 12.1 Å². The van der Waals surface area contributed by atoms with Crippen molar-refractivity contribution >= 4 is 17.7 Å². The minimum Gasteiger partial charge on any atom is -0.497 e. The van der Waals surface area contributed by atoms with E-state index in [9.17, 15) is 14.4 Å². The Morgan fingerprint density at radius 2 is 1.69 bits per heavy atom. The molecule has 0 fully saturated rings. The smallest absolute Gasteiger partial charge is 0.254 e. The molecule has 2 aromatic carbocycles. The highest BCUT2D eigenvalue weighted by atomic mass is 16.5. The fourth-order valence-electron chi connectivity index (χ4n) is 4.97. The van der Waals surface area contributed by atoms with Crippen molar-refractivity contribution in [2.45, 2.75) is 58.7 Å². The lowest BCUT2D eigenvalue weighted by Crippen LogP contribution is -2.48. The van der Waals surface area contributed by atoms with Gasteiger partial charge in [-0.05, 0) is 37.8 Å². The van der Waals surface area contributed by atoms with Gasteiger partial charge in [-0.25, -0.2) is 9.67 Å². The zero-order chi connectivity index (χ0) is 30.2. The quantitative estimate of drug-likeness (QED) is 0.459. The predicted molar refractivity (Wildman–Crippen MR) is 158 cm³/mol. The number of nitrogens with one attached hydrogen (secondary N) is 2. The standard InChI is InChI=1S/C31H40N6O5/c1-20(2)16-26-30(39)32-21(3)29-34-28(22-10-7-6-8-11-22)35-37(29)15-14-36(13-9-12-27(38)33-26)31(40)23-17-24(41-4)19-25(18-23)42-5/h6-8,10-11,17-21,26H,9,12-16H2,1-5H3,(H,32,39)(H,33,38)/t21-,26-/m1/s1. The number of methoxy groups -OCH3 is 2. The first-order valence-electron chi connectivity index (χ1n) is 14.3. The molecule has 1 aliphatic heterocycles. The number of carbonyl (C=O) groups excluding carboxylic acids is 3. The van der Waals surface area contributed by atoms with E-state index in [2.05, 4.69) is 10.6 Å². The molecule has 0 saturated carbocycles. The van der Waals surface area contributed by atoms with Crippen LogP contribution in [0.5, 0.6) is 11.5 Å². The summed E-state index contributed by atoms with van der Waals surface area (Å²) in [5, 5.41) is 10.7. The number of ether oxygens (including phenoxy) is 2. The third-order valence-electron chi connectivity index (χ3n) is 7.14. The number of rotatable bonds is 6. The fourth-order valence-corrected chi connectivity index (χ4v) is 4.97. The van der Waals surface area contributed by atoms with E-state index in [0.717, 1.165) is 5.56 Å². The SMILES string of the molecule is COc1cc(OC)cc(C(=O)N2CCCC(=O)N[C@H](CC(C)C)C(=O)N[C@H](C)c3nc(-c4ccccc4)nn3CC2)c1. The number of hydrogen-bond acceptors (Lipinski definition) is 7. The van der Waals surface area contributed by atoms with E-state index in [1.807, 2.05) is 51.1 Å². The van der Waals surface area contributed by atoms with E-state index in [-0.39, 0.29) is 30.1 Å². The van der Waals surface area contributed by atoms with Crippen molar-refractivity contribution in [3.8, 4) is 22.9 Å². The van der Waals surface area contributed by atoms with Gasteiger partial charge >= 0.3 is 0 Å². The minimum atomic E-state index is -0.685. The summed E-state index contributed by atoms with van der Waals surface area (Å²) < 4.78 is 12.5. The number of aromatic nitrogens is 3. The van der Waals surface area contributed by atoms with Gasteiger partial charge in [0.15, 0.2) is 5.82 Å². The van der Waals surface area contributed by atoms with Crippen LogP contribution in [0.25, 0.3) is 11.4 Å². The second-order valence-electron chi connectivity index (χ2n) is 10.9. The number of hydrogen-bond donors (Lipinski definition) is 2. The summed E-state index contributed by atoms with van der Waals surface area (Å²) in [6.45, 7) is 6.84. The van der Waals surface area contributed by atoms with Crippen LogP contribution in [0, 0.1) is 5.92 Å². The first kappa shape index (κ1) is 30.5. The molecule has 1 aromatic heterocycles. The highest BCUT2D eigenvalue weighted by Crippen LogP contribution is 2.24. The average Bonchev–Trinajstić information content (AvgIpc) is 3.42. The summed E-state index contributed by atoms with van der Waals surface area (Å²) in [5.74, 6) is 1.58. The van der Waals surface area contributed by atoms with Gasteiger partial charge in [0.2, 0.25) is 11.8 Å². The Labute approximate surface area is 246 Å². The molecule has 0 radical (unpaired) electrons. The Hall–Kier alpha value is -4.41. The van der Waals surface area contributed by atoms with Gasteiger partial charge in [-0.2, -0.15) is 5.10 Å². The Morgan fingerprint density at radius 1 is 1.00 bits per heavy atom. The Balaban J connectivity index is 1.70. The monoisotopic (exact) mass is 576 g/mol. The molecule has 0 saturated heterocycles. The maximum atomic E-state index is 13.8. The van der Waals surface area contributed by atoms with Crippen LogP contribution < -0.4 is 20.1 Å². The zero-order valence-electron chi connectivity index (χ0n) is 24.9. The molecular formula is C31H40N6O5. The number of benzene rings is 2. The van der Waals surface area contributed by atoms with E-state index in [1.54, 1.807) is 27.8 Å². The van der Waals surface area contributed by atoms with Crippen molar-refractivity contribution in [1.82, 2.24) is 30.3 Å². The number of amides is 3. The van der Waals surface area contributed by atoms with Crippen molar-refractivity contribution in [2.75, 3.05) is 27.3 Å². The van der Waals surface area contributed by atoms with Gasteiger partial charge in [-0.1, -0.05) is 44.2 Å². The largest absolute Gasteiger partial charge is 0.497 e. The molecule has 42 heavy (non-hydrogen) atoms. The molecule has 1 aliphatic rings. The molecule has 11 nitrogen and oxygen atoms in total. The Morgan fingerprint density at radius 3 is 2.33 bits per heavy atom. The van der Waals surface area contributed by atoms with E-state index in [0.29, 0.717) is 61.2 Å². The van der Waals surface area contributed by atoms with Gasteiger partial charge in [0.25, 0.3) is 5.91 Å². The minimum absolute atomic E-state index is 0.176. The van der Waals surface area contributed by atoms with E-state index in [4.69, 9.17) is 19.6 Å². The highest BCUT2D eigenvalue weighted by molar-refractivity contribution is 5.95. The second-order valence-corrected chi connectivity index (χ2v) is 10.9. The van der Waals surface area contributed by atoms with Crippen LogP contribution in [0.4, 0.5) is 0 Å². The molecule has 224 valence electrons. The fraction of sp³-hybridized carbons (Fsp3) is 0.452. The molecular weight excluding hydrogens is 536 g/mol. The molecule has 0 spiro atoms. The Kier molecular flexibility index (Phi) is 10.2. The summed E-state index contributed by atoms with van der Waals surface area (Å²) in [7, 11) is 3.07. The molecule has 4 rings (SSSR count). The van der Waals surface area contributed by atoms with Crippen molar-refractivity contribution < 1.29 is 23.9 Å². The predicted octanol–water partition coefficient (Wildman–Crippen LogP) is 3.61. The van der Waals surface area contributed by atoms with Crippen molar-refractivity contribution in [3.05, 3.63) is 59.9 Å². The van der Waals surface area contributed by atoms with Crippen LogP contribution in [0.3, 0.4) is 0 Å². The van der Waals surface area contributed by atoms with Crippen LogP contribution in [0.15, 0.2) is 48.5 Å². The van der Waals surface area contributed by atoms with Gasteiger partial charge in [0, 0.05) is 36.7 Å². The zero-order valence-corrected chi connectivity index (χ0v) is 24.9. The van der Waals surface area contributed by atoms with Gasteiger partial charge < -0.3 is 25.0 Å². The molecule has 0 bridgehead atoms. The number of nitrogens with zero attached hydrogens (tertiary/aromatic N) is 4. The highest BCUT2D eigenvalue weighted by Gasteiger charge is 2.27. The molecule has 2 N–H and O–H groups in total. The van der Waals surface area contributed by atoms with E-state index >= 15 is 0 Å². The lowest BCUT2D eigenvalue weighted by atomic mass is 10.0. The summed E-state index contributed by atoms with van der Waals surface area (Å²) in [6.07, 6.45) is 1.09. The first-order valence-corrected chi connectivity index (χ1v) is 14.3. The lowest BCUT2D eigenvalue weighted by Gasteiger charge is -2.26. The maximum Gasteiger partial charge on any atom is 0.254 e. The lowest BCUT2D eigenvalue weighted by molar-refractivity contribution is -0.129. The van der Waals surface area contributed by atoms with Crippen molar-refractivity contribution in [3.63, 3.8) is 0 Å². The van der Waals surface area contributed by atoms with Gasteiger partial charge in [-0.15, -0.1) is 0 Å². The average molecular weight is 577 g/mol. The van der Waals surface area contributed by atoms with E-state index in [1.165, 1.54) is 14.2 Å². The summed E-state index contributed by atoms with van der Waals surface area (Å²) >= 11 is 0. The number of carbonyl (C=O) groups is 3. The summed E-state index contributed by atoms with van der Waals surface area (Å²) in [6, 6.07) is 13.5. The molecule has 2 atom stereocenters. The third kappa shape index (κ3) is 7.65. The second kappa shape index (κ2) is 14.0. The Bertz CT molecular complexity index is 1370. The first-order chi connectivity index (χ1) is 20.2. The summed E-state index contributed by atoms with van der Waals surface area (Å²) in [5.41, 5.74) is 1.26. The van der Waals surface area contributed by atoms with Crippen molar-refractivity contribution in [2.24, 2.45) is 5.92 Å². The molecule has 3 amide bonds. The van der Waals surface area contributed by atoms with Gasteiger partial charge in [0.05, 0.1) is 26.8 Å². The molecule has 0 unspecified atom stereocenters.